The van der Waals surface area contributed by atoms with Gasteiger partial charge in [-0.1, -0.05) is 23.7 Å². The number of nitrogens with one attached hydrogen (secondary N) is 1. The molecular weight excluding hydrogens is 368 g/mol. The Hall–Kier alpha value is -3.52. The molecule has 2 aromatic heterocycles. The van der Waals surface area contributed by atoms with Crippen molar-refractivity contribution in [2.75, 3.05) is 5.32 Å². The van der Waals surface area contributed by atoms with Crippen molar-refractivity contribution in [3.8, 4) is 5.69 Å². The van der Waals surface area contributed by atoms with Crippen LogP contribution in [0.2, 0.25) is 5.02 Å². The quantitative estimate of drug-likeness (QED) is 0.586. The Kier molecular flexibility index (Phi) is 4.39. The molecule has 0 fully saturated rings. The summed E-state index contributed by atoms with van der Waals surface area (Å²) < 4.78 is 3.00. The molecule has 2 heterocycles. The fourth-order valence-electron chi connectivity index (χ4n) is 2.75. The Morgan fingerprint density at radius 2 is 2.00 bits per heavy atom. The number of halogens is 1. The molecule has 0 saturated heterocycles. The van der Waals surface area contributed by atoms with Crippen LogP contribution in [0, 0.1) is 0 Å². The number of hydrogen-bond donors (Lipinski definition) is 1. The smallest absolute Gasteiger partial charge is 0.246 e. The molecule has 4 aromatic rings. The predicted octanol–water partition coefficient (Wildman–Crippen LogP) is 2.27. The molecule has 1 amide bonds. The molecule has 0 radical (unpaired) electrons. The van der Waals surface area contributed by atoms with Gasteiger partial charge in [-0.25, -0.2) is 9.67 Å². The molecule has 0 aliphatic heterocycles. The summed E-state index contributed by atoms with van der Waals surface area (Å²) in [4.78, 5) is 28.4. The van der Waals surface area contributed by atoms with Crippen LogP contribution >= 0.6 is 11.6 Å². The van der Waals surface area contributed by atoms with Crippen molar-refractivity contribution in [2.24, 2.45) is 0 Å². The molecule has 27 heavy (non-hydrogen) atoms. The zero-order valence-electron chi connectivity index (χ0n) is 13.9. The minimum absolute atomic E-state index is 0.0654. The van der Waals surface area contributed by atoms with Gasteiger partial charge in [-0.05, 0) is 30.3 Å². The van der Waals surface area contributed by atoms with Crippen LogP contribution in [0.5, 0.6) is 0 Å². The minimum Gasteiger partial charge on any atom is -0.323 e. The summed E-state index contributed by atoms with van der Waals surface area (Å²) in [6.45, 7) is -0.0654. The second-order valence-electron chi connectivity index (χ2n) is 5.73. The fourth-order valence-corrected chi connectivity index (χ4v) is 2.93. The molecule has 4 rings (SSSR count). The number of anilines is 1. The van der Waals surface area contributed by atoms with Crippen LogP contribution in [-0.2, 0) is 11.3 Å². The molecule has 0 atom stereocenters. The van der Waals surface area contributed by atoms with Gasteiger partial charge in [0.15, 0.2) is 0 Å². The standard InChI is InChI=1S/C18H13ClN6O2/c19-12-5-6-16(25-11-20-10-22-25)14(7-12)23-18(27)9-24-15-4-2-1-3-13(15)17(26)8-21-24/h1-8,10-11H,9H2,(H,23,27). The fraction of sp³-hybridized carbons (Fsp3) is 0.0556. The van der Waals surface area contributed by atoms with E-state index < -0.39 is 0 Å². The summed E-state index contributed by atoms with van der Waals surface area (Å²) in [5.74, 6) is -0.320. The van der Waals surface area contributed by atoms with Gasteiger partial charge in [0.2, 0.25) is 11.3 Å². The van der Waals surface area contributed by atoms with Crippen molar-refractivity contribution >= 4 is 34.1 Å². The molecule has 8 nitrogen and oxygen atoms in total. The third-order valence-electron chi connectivity index (χ3n) is 3.95. The van der Waals surface area contributed by atoms with Gasteiger partial charge in [0, 0.05) is 10.4 Å². The normalized spacial score (nSPS) is 10.9. The molecule has 2 aromatic carbocycles. The van der Waals surface area contributed by atoms with Crippen LogP contribution in [0.25, 0.3) is 16.6 Å². The lowest BCUT2D eigenvalue weighted by Gasteiger charge is -2.13. The molecular formula is C18H13ClN6O2. The summed E-state index contributed by atoms with van der Waals surface area (Å²) in [6.07, 6.45) is 4.13. The third kappa shape index (κ3) is 3.42. The van der Waals surface area contributed by atoms with Crippen LogP contribution in [0.4, 0.5) is 5.69 Å². The van der Waals surface area contributed by atoms with Crippen LogP contribution in [0.15, 0.2) is 66.1 Å². The number of carbonyl (C=O) groups excluding carboxylic acids is 1. The number of hydrogen-bond acceptors (Lipinski definition) is 5. The lowest BCUT2D eigenvalue weighted by atomic mass is 10.2. The van der Waals surface area contributed by atoms with E-state index in [1.165, 1.54) is 28.2 Å². The van der Waals surface area contributed by atoms with Crippen LogP contribution in [0.3, 0.4) is 0 Å². The number of para-hydroxylation sites is 1. The highest BCUT2D eigenvalue weighted by Gasteiger charge is 2.12. The Morgan fingerprint density at radius 3 is 2.81 bits per heavy atom. The molecule has 1 N–H and O–H groups in total. The van der Waals surface area contributed by atoms with Crippen LogP contribution < -0.4 is 10.7 Å². The van der Waals surface area contributed by atoms with Crippen molar-refractivity contribution < 1.29 is 4.79 Å². The molecule has 0 spiro atoms. The first-order valence-corrected chi connectivity index (χ1v) is 8.39. The molecule has 0 aliphatic carbocycles. The summed E-state index contributed by atoms with van der Waals surface area (Å²) >= 11 is 6.07. The number of amides is 1. The molecule has 0 unspecified atom stereocenters. The molecule has 0 saturated carbocycles. The summed E-state index contributed by atoms with van der Waals surface area (Å²) in [7, 11) is 0. The second kappa shape index (κ2) is 7.00. The summed E-state index contributed by atoms with van der Waals surface area (Å²) in [6, 6.07) is 12.1. The van der Waals surface area contributed by atoms with E-state index in [4.69, 9.17) is 11.6 Å². The number of rotatable bonds is 4. The van der Waals surface area contributed by atoms with Crippen LogP contribution in [0.1, 0.15) is 0 Å². The van der Waals surface area contributed by atoms with E-state index in [-0.39, 0.29) is 17.9 Å². The van der Waals surface area contributed by atoms with Gasteiger partial charge in [0.1, 0.15) is 19.2 Å². The van der Waals surface area contributed by atoms with E-state index in [1.54, 1.807) is 42.5 Å². The Balaban J connectivity index is 1.64. The average Bonchev–Trinajstić information content (AvgIpc) is 3.19. The highest BCUT2D eigenvalue weighted by atomic mass is 35.5. The lowest BCUT2D eigenvalue weighted by molar-refractivity contribution is -0.116. The van der Waals surface area contributed by atoms with Gasteiger partial charge in [0.25, 0.3) is 0 Å². The Bertz CT molecular complexity index is 1190. The highest BCUT2D eigenvalue weighted by Crippen LogP contribution is 2.24. The first-order chi connectivity index (χ1) is 13.1. The van der Waals surface area contributed by atoms with E-state index in [0.29, 0.717) is 27.3 Å². The highest BCUT2D eigenvalue weighted by molar-refractivity contribution is 6.31. The van der Waals surface area contributed by atoms with Crippen molar-refractivity contribution in [3.63, 3.8) is 0 Å². The molecule has 0 aliphatic rings. The van der Waals surface area contributed by atoms with Crippen molar-refractivity contribution in [1.29, 1.82) is 0 Å². The maximum atomic E-state index is 12.6. The largest absolute Gasteiger partial charge is 0.323 e. The third-order valence-corrected chi connectivity index (χ3v) is 4.19. The van der Waals surface area contributed by atoms with E-state index >= 15 is 0 Å². The first-order valence-electron chi connectivity index (χ1n) is 8.01. The van der Waals surface area contributed by atoms with E-state index in [0.717, 1.165) is 0 Å². The molecule has 134 valence electrons. The maximum absolute atomic E-state index is 12.6. The van der Waals surface area contributed by atoms with Crippen molar-refractivity contribution in [1.82, 2.24) is 24.5 Å². The van der Waals surface area contributed by atoms with Crippen LogP contribution in [-0.4, -0.2) is 30.5 Å². The lowest BCUT2D eigenvalue weighted by Crippen LogP contribution is -2.23. The molecule has 9 heteroatoms. The number of aromatic nitrogens is 5. The van der Waals surface area contributed by atoms with Crippen molar-refractivity contribution in [3.05, 3.63) is 76.6 Å². The van der Waals surface area contributed by atoms with E-state index in [1.807, 2.05) is 0 Å². The number of carbonyl (C=O) groups is 1. The maximum Gasteiger partial charge on any atom is 0.246 e. The predicted molar refractivity (Wildman–Crippen MR) is 101 cm³/mol. The SMILES string of the molecule is O=C(Cn1ncc(=O)c2ccccc21)Nc1cc(Cl)ccc1-n1cncn1. The first kappa shape index (κ1) is 16.9. The second-order valence-corrected chi connectivity index (χ2v) is 6.17. The minimum atomic E-state index is -0.320. The number of benzene rings is 2. The van der Waals surface area contributed by atoms with Crippen molar-refractivity contribution in [2.45, 2.75) is 6.54 Å². The zero-order chi connectivity index (χ0) is 18.8. The van der Waals surface area contributed by atoms with Gasteiger partial charge in [-0.2, -0.15) is 10.2 Å². The van der Waals surface area contributed by atoms with Gasteiger partial charge in [-0.3, -0.25) is 14.3 Å². The Morgan fingerprint density at radius 1 is 1.15 bits per heavy atom. The molecule has 0 bridgehead atoms. The van der Waals surface area contributed by atoms with Gasteiger partial charge >= 0.3 is 0 Å². The van der Waals surface area contributed by atoms with Gasteiger partial charge < -0.3 is 5.32 Å². The Labute approximate surface area is 158 Å². The number of nitrogens with zero attached hydrogens (tertiary/aromatic N) is 5. The topological polar surface area (TPSA) is 94.7 Å². The van der Waals surface area contributed by atoms with Gasteiger partial charge in [0.05, 0.1) is 23.1 Å². The summed E-state index contributed by atoms with van der Waals surface area (Å²) in [5, 5.41) is 11.9. The average molecular weight is 381 g/mol. The van der Waals surface area contributed by atoms with E-state index in [2.05, 4.69) is 20.5 Å². The van der Waals surface area contributed by atoms with Gasteiger partial charge in [-0.15, -0.1) is 0 Å². The monoisotopic (exact) mass is 380 g/mol. The number of fused-ring (bicyclic) bond motifs is 1. The van der Waals surface area contributed by atoms with E-state index in [9.17, 15) is 9.59 Å². The summed E-state index contributed by atoms with van der Waals surface area (Å²) in [5.41, 5.74) is 1.51. The zero-order valence-corrected chi connectivity index (χ0v) is 14.7.